The van der Waals surface area contributed by atoms with Gasteiger partial charge < -0.3 is 4.74 Å². The van der Waals surface area contributed by atoms with E-state index in [1.807, 2.05) is 0 Å². The van der Waals surface area contributed by atoms with Crippen LogP contribution in [0.1, 0.15) is 10.4 Å². The minimum Gasteiger partial charge on any atom is -0.495 e. The molecule has 0 spiro atoms. The minimum absolute atomic E-state index is 0.126. The normalized spacial score (nSPS) is 11.0. The van der Waals surface area contributed by atoms with Crippen LogP contribution >= 0.6 is 15.9 Å². The van der Waals surface area contributed by atoms with Crippen molar-refractivity contribution in [1.82, 2.24) is 5.06 Å². The summed E-state index contributed by atoms with van der Waals surface area (Å²) in [6.07, 6.45) is 0. The van der Waals surface area contributed by atoms with Crippen LogP contribution in [0.4, 0.5) is 5.69 Å². The van der Waals surface area contributed by atoms with E-state index in [9.17, 15) is 13.2 Å². The zero-order valence-electron chi connectivity index (χ0n) is 13.8. The van der Waals surface area contributed by atoms with Crippen molar-refractivity contribution in [3.8, 4) is 5.75 Å². The molecule has 0 saturated heterocycles. The molecule has 7 nitrogen and oxygen atoms in total. The van der Waals surface area contributed by atoms with Crippen molar-refractivity contribution in [3.63, 3.8) is 0 Å². The van der Waals surface area contributed by atoms with Crippen LogP contribution in [0.3, 0.4) is 0 Å². The Kier molecular flexibility index (Phi) is 6.04. The second-order valence-corrected chi connectivity index (χ2v) is 7.53. The van der Waals surface area contributed by atoms with Gasteiger partial charge in [0.2, 0.25) is 0 Å². The number of hydrogen-bond acceptors (Lipinski definition) is 5. The second-order valence-electron chi connectivity index (χ2n) is 4.96. The molecular weight excluding hydrogens is 412 g/mol. The molecule has 2 rings (SSSR count). The number of nitrogens with one attached hydrogen (secondary N) is 1. The van der Waals surface area contributed by atoms with E-state index in [2.05, 4.69) is 20.7 Å². The molecule has 0 radical (unpaired) electrons. The number of carbonyl (C=O) groups excluding carboxylic acids is 1. The fourth-order valence-electron chi connectivity index (χ4n) is 2.01. The van der Waals surface area contributed by atoms with Gasteiger partial charge in [-0.2, -0.15) is 0 Å². The largest absolute Gasteiger partial charge is 0.495 e. The highest BCUT2D eigenvalue weighted by Gasteiger charge is 2.23. The van der Waals surface area contributed by atoms with E-state index in [1.54, 1.807) is 24.3 Å². The molecule has 0 aliphatic carbocycles. The van der Waals surface area contributed by atoms with E-state index in [1.165, 1.54) is 39.5 Å². The summed E-state index contributed by atoms with van der Waals surface area (Å²) in [5.41, 5.74) is 0.539. The number of carbonyl (C=O) groups is 1. The predicted octanol–water partition coefficient (Wildman–Crippen LogP) is 2.89. The Balaban J connectivity index is 2.44. The topological polar surface area (TPSA) is 84.9 Å². The first kappa shape index (κ1) is 19.2. The lowest BCUT2D eigenvalue weighted by Crippen LogP contribution is -2.25. The molecule has 0 atom stereocenters. The summed E-state index contributed by atoms with van der Waals surface area (Å²) in [6, 6.07) is 10.8. The molecule has 0 aliphatic heterocycles. The van der Waals surface area contributed by atoms with Gasteiger partial charge in [0.1, 0.15) is 10.6 Å². The van der Waals surface area contributed by atoms with Gasteiger partial charge in [0, 0.05) is 22.8 Å². The molecule has 0 aliphatic rings. The Bertz CT molecular complexity index is 869. The Morgan fingerprint density at radius 3 is 2.32 bits per heavy atom. The van der Waals surface area contributed by atoms with Gasteiger partial charge in [-0.3, -0.25) is 14.4 Å². The van der Waals surface area contributed by atoms with E-state index >= 15 is 0 Å². The quantitative estimate of drug-likeness (QED) is 0.714. The third kappa shape index (κ3) is 4.50. The monoisotopic (exact) mass is 428 g/mol. The van der Waals surface area contributed by atoms with Crippen LogP contribution in [0.25, 0.3) is 0 Å². The summed E-state index contributed by atoms with van der Waals surface area (Å²) in [7, 11) is 0.171. The lowest BCUT2D eigenvalue weighted by atomic mass is 10.2. The van der Waals surface area contributed by atoms with Gasteiger partial charge in [0.15, 0.2) is 0 Å². The van der Waals surface area contributed by atoms with Crippen molar-refractivity contribution in [2.24, 2.45) is 0 Å². The first-order valence-electron chi connectivity index (χ1n) is 7.07. The summed E-state index contributed by atoms with van der Waals surface area (Å²) in [5, 5.41) is 1.00. The number of halogens is 1. The maximum Gasteiger partial charge on any atom is 0.277 e. The van der Waals surface area contributed by atoms with Crippen LogP contribution in [0, 0.1) is 0 Å². The Labute approximate surface area is 154 Å². The third-order valence-electron chi connectivity index (χ3n) is 3.36. The van der Waals surface area contributed by atoms with Crippen molar-refractivity contribution >= 4 is 37.5 Å². The number of methoxy groups -OCH3 is 1. The Hall–Kier alpha value is -2.10. The number of rotatable bonds is 6. The Morgan fingerprint density at radius 2 is 1.76 bits per heavy atom. The van der Waals surface area contributed by atoms with Crippen molar-refractivity contribution in [2.45, 2.75) is 4.90 Å². The summed E-state index contributed by atoms with van der Waals surface area (Å²) >= 11 is 3.29. The van der Waals surface area contributed by atoms with Crippen molar-refractivity contribution < 1.29 is 22.8 Å². The lowest BCUT2D eigenvalue weighted by molar-refractivity contribution is -0.0757. The highest BCUT2D eigenvalue weighted by molar-refractivity contribution is 9.10. The van der Waals surface area contributed by atoms with Crippen LogP contribution in [-0.2, 0) is 14.9 Å². The number of ether oxygens (including phenoxy) is 1. The first-order chi connectivity index (χ1) is 11.8. The smallest absolute Gasteiger partial charge is 0.277 e. The summed E-state index contributed by atoms with van der Waals surface area (Å²) in [5.74, 6) is -0.355. The fourth-order valence-corrected chi connectivity index (χ4v) is 3.53. The molecule has 2 aromatic rings. The molecule has 0 unspecified atom stereocenters. The van der Waals surface area contributed by atoms with Gasteiger partial charge in [-0.25, -0.2) is 13.5 Å². The average Bonchev–Trinajstić information content (AvgIpc) is 2.61. The van der Waals surface area contributed by atoms with Crippen LogP contribution in [0.2, 0.25) is 0 Å². The summed E-state index contributed by atoms with van der Waals surface area (Å²) in [6.45, 7) is 0. The molecule has 1 amide bonds. The zero-order valence-corrected chi connectivity index (χ0v) is 16.2. The van der Waals surface area contributed by atoms with E-state index < -0.39 is 15.9 Å². The number of sulfonamides is 1. The van der Waals surface area contributed by atoms with Crippen LogP contribution in [0.5, 0.6) is 5.75 Å². The number of hydroxylamine groups is 2. The second kappa shape index (κ2) is 7.85. The number of hydrogen-bond donors (Lipinski definition) is 1. The van der Waals surface area contributed by atoms with Crippen molar-refractivity contribution in [2.75, 3.05) is 26.0 Å². The first-order valence-corrected chi connectivity index (χ1v) is 9.34. The Morgan fingerprint density at radius 1 is 1.12 bits per heavy atom. The highest BCUT2D eigenvalue weighted by Crippen LogP contribution is 2.28. The highest BCUT2D eigenvalue weighted by atomic mass is 79.9. The van der Waals surface area contributed by atoms with Gasteiger partial charge in [0.05, 0.1) is 14.2 Å². The lowest BCUT2D eigenvalue weighted by Gasteiger charge is -2.16. The summed E-state index contributed by atoms with van der Waals surface area (Å²) < 4.78 is 33.9. The van der Waals surface area contributed by atoms with E-state index in [4.69, 9.17) is 9.57 Å². The molecule has 0 heterocycles. The van der Waals surface area contributed by atoms with Gasteiger partial charge >= 0.3 is 0 Å². The van der Waals surface area contributed by atoms with Gasteiger partial charge in [0.25, 0.3) is 15.9 Å². The maximum atomic E-state index is 12.7. The molecule has 0 aromatic heterocycles. The average molecular weight is 429 g/mol. The molecule has 0 saturated carbocycles. The molecule has 0 bridgehead atoms. The molecule has 1 N–H and O–H groups in total. The van der Waals surface area contributed by atoms with E-state index in [-0.39, 0.29) is 16.2 Å². The van der Waals surface area contributed by atoms with Crippen LogP contribution in [-0.4, -0.2) is 40.7 Å². The molecule has 0 fully saturated rings. The predicted molar refractivity (Wildman–Crippen MR) is 97.0 cm³/mol. The maximum absolute atomic E-state index is 12.7. The molecule has 134 valence electrons. The number of anilines is 1. The molecule has 2 aromatic carbocycles. The number of benzene rings is 2. The van der Waals surface area contributed by atoms with E-state index in [0.717, 1.165) is 9.54 Å². The number of nitrogens with zero attached hydrogens (tertiary/aromatic N) is 1. The van der Waals surface area contributed by atoms with Gasteiger partial charge in [-0.15, -0.1) is 0 Å². The zero-order chi connectivity index (χ0) is 18.6. The number of amides is 1. The summed E-state index contributed by atoms with van der Waals surface area (Å²) in [4.78, 5) is 16.9. The molecule has 9 heteroatoms. The SMILES string of the molecule is COc1ccc(C(=O)N(C)OC)cc1S(=O)(=O)Nc1ccc(Br)cc1. The van der Waals surface area contributed by atoms with E-state index in [0.29, 0.717) is 5.69 Å². The fraction of sp³-hybridized carbons (Fsp3) is 0.188. The van der Waals surface area contributed by atoms with Crippen LogP contribution in [0.15, 0.2) is 51.8 Å². The molecule has 25 heavy (non-hydrogen) atoms. The van der Waals surface area contributed by atoms with Gasteiger partial charge in [-0.1, -0.05) is 15.9 Å². The van der Waals surface area contributed by atoms with Crippen molar-refractivity contribution in [3.05, 3.63) is 52.5 Å². The van der Waals surface area contributed by atoms with Crippen molar-refractivity contribution in [1.29, 1.82) is 0 Å². The minimum atomic E-state index is -3.96. The third-order valence-corrected chi connectivity index (χ3v) is 5.29. The van der Waals surface area contributed by atoms with Crippen LogP contribution < -0.4 is 9.46 Å². The molecular formula is C16H17BrN2O5S. The standard InChI is InChI=1S/C16H17BrN2O5S/c1-19(24-3)16(20)11-4-9-14(23-2)15(10-11)25(21,22)18-13-7-5-12(17)6-8-13/h4-10,18H,1-3H3. The van der Waals surface area contributed by atoms with Gasteiger partial charge in [-0.05, 0) is 42.5 Å².